The topological polar surface area (TPSA) is 35.5 Å². The minimum Gasteiger partial charge on any atom is -0.435 e. The van der Waals surface area contributed by atoms with Crippen LogP contribution >= 0.6 is 0 Å². The molecule has 0 amide bonds. The maximum absolute atomic E-state index is 11.5. The molecule has 20 heavy (non-hydrogen) atoms. The van der Waals surface area contributed by atoms with Crippen LogP contribution in [0.2, 0.25) is 0 Å². The summed E-state index contributed by atoms with van der Waals surface area (Å²) in [6, 6.07) is 10.1. The van der Waals surface area contributed by atoms with E-state index in [4.69, 9.17) is 9.47 Å². The first-order valence-electron chi connectivity index (χ1n) is 6.97. The van der Waals surface area contributed by atoms with Crippen molar-refractivity contribution in [2.75, 3.05) is 6.61 Å². The Hall–Kier alpha value is -1.61. The first-order valence-corrected chi connectivity index (χ1v) is 6.97. The largest absolute Gasteiger partial charge is 0.435 e. The lowest BCUT2D eigenvalue weighted by atomic mass is 10.1. The van der Waals surface area contributed by atoms with Crippen molar-refractivity contribution in [3.63, 3.8) is 0 Å². The summed E-state index contributed by atoms with van der Waals surface area (Å²) in [6.07, 6.45) is 1.64. The fourth-order valence-corrected chi connectivity index (χ4v) is 2.79. The molecule has 1 aliphatic carbocycles. The summed E-state index contributed by atoms with van der Waals surface area (Å²) in [6.45, 7) is 9.06. The Kier molecular flexibility index (Phi) is 4.61. The highest BCUT2D eigenvalue weighted by molar-refractivity contribution is 5.71. The Labute approximate surface area is 120 Å². The molecule has 0 aromatic heterocycles. The molecule has 0 bridgehead atoms. The van der Waals surface area contributed by atoms with Gasteiger partial charge in [-0.2, -0.15) is 0 Å². The van der Waals surface area contributed by atoms with E-state index in [0.29, 0.717) is 31.5 Å². The van der Waals surface area contributed by atoms with Gasteiger partial charge in [0.05, 0.1) is 19.5 Å². The molecule has 1 aromatic rings. The van der Waals surface area contributed by atoms with Gasteiger partial charge in [0.2, 0.25) is 0 Å². The lowest BCUT2D eigenvalue weighted by Crippen LogP contribution is -2.04. The lowest BCUT2D eigenvalue weighted by molar-refractivity contribution is -0.138. The van der Waals surface area contributed by atoms with Gasteiger partial charge in [-0.25, -0.2) is 0 Å². The molecule has 2 unspecified atom stereocenters. The average Bonchev–Trinajstić information content (AvgIpc) is 2.92. The van der Waals surface area contributed by atoms with E-state index in [1.807, 2.05) is 18.2 Å². The van der Waals surface area contributed by atoms with Gasteiger partial charge in [0, 0.05) is 6.42 Å². The minimum absolute atomic E-state index is 0.150. The van der Waals surface area contributed by atoms with Crippen molar-refractivity contribution in [1.29, 1.82) is 0 Å². The van der Waals surface area contributed by atoms with Crippen LogP contribution in [0.25, 0.3) is 0 Å². The molecule has 0 aliphatic heterocycles. The van der Waals surface area contributed by atoms with E-state index in [0.717, 1.165) is 0 Å². The third-order valence-electron chi connectivity index (χ3n) is 4.30. The number of carbonyl (C=O) groups is 1. The number of rotatable bonds is 7. The quantitative estimate of drug-likeness (QED) is 0.563. The molecule has 0 saturated heterocycles. The maximum atomic E-state index is 11.5. The molecule has 3 nitrogen and oxygen atoms in total. The number of benzene rings is 1. The minimum atomic E-state index is -0.205. The number of carbonyl (C=O) groups excluding carboxylic acids is 1. The van der Waals surface area contributed by atoms with Crippen molar-refractivity contribution in [3.8, 4) is 0 Å². The van der Waals surface area contributed by atoms with E-state index in [-0.39, 0.29) is 11.4 Å². The average molecular weight is 274 g/mol. The van der Waals surface area contributed by atoms with Crippen molar-refractivity contribution in [1.82, 2.24) is 0 Å². The standard InChI is InChI=1S/C17H22O3/c1-4-20-16(18)10-14-15(17(14,2)3)12-19-11-13-8-6-5-7-9-13/h4-9,14-15H,1,10-12H2,2-3H3. The van der Waals surface area contributed by atoms with E-state index in [1.54, 1.807) is 0 Å². The molecule has 3 heteroatoms. The van der Waals surface area contributed by atoms with E-state index in [9.17, 15) is 4.79 Å². The van der Waals surface area contributed by atoms with E-state index < -0.39 is 0 Å². The molecule has 1 fully saturated rings. The number of ether oxygens (including phenoxy) is 2. The van der Waals surface area contributed by atoms with E-state index >= 15 is 0 Å². The fraction of sp³-hybridized carbons (Fsp3) is 0.471. The van der Waals surface area contributed by atoms with Gasteiger partial charge < -0.3 is 9.47 Å². The van der Waals surface area contributed by atoms with Crippen LogP contribution in [0.1, 0.15) is 25.8 Å². The molecule has 108 valence electrons. The van der Waals surface area contributed by atoms with Crippen LogP contribution in [0.4, 0.5) is 0 Å². The molecule has 2 rings (SSSR count). The molecular formula is C17H22O3. The number of hydrogen-bond donors (Lipinski definition) is 0. The molecule has 0 heterocycles. The van der Waals surface area contributed by atoms with Crippen LogP contribution in [-0.4, -0.2) is 12.6 Å². The summed E-state index contributed by atoms with van der Waals surface area (Å²) in [4.78, 5) is 11.5. The summed E-state index contributed by atoms with van der Waals surface area (Å²) in [5.41, 5.74) is 1.32. The SMILES string of the molecule is C=COC(=O)CC1C(COCc2ccccc2)C1(C)C. The van der Waals surface area contributed by atoms with Gasteiger partial charge in [0.15, 0.2) is 0 Å². The van der Waals surface area contributed by atoms with Crippen molar-refractivity contribution < 1.29 is 14.3 Å². The van der Waals surface area contributed by atoms with Crippen molar-refractivity contribution >= 4 is 5.97 Å². The summed E-state index contributed by atoms with van der Waals surface area (Å²) >= 11 is 0. The highest BCUT2D eigenvalue weighted by Crippen LogP contribution is 2.60. The monoisotopic (exact) mass is 274 g/mol. The zero-order valence-electron chi connectivity index (χ0n) is 12.2. The van der Waals surface area contributed by atoms with Gasteiger partial charge in [0.1, 0.15) is 0 Å². The second kappa shape index (κ2) is 6.23. The Balaban J connectivity index is 1.76. The first kappa shape index (κ1) is 14.8. The van der Waals surface area contributed by atoms with Gasteiger partial charge in [-0.15, -0.1) is 0 Å². The Morgan fingerprint density at radius 1 is 1.30 bits per heavy atom. The summed E-state index contributed by atoms with van der Waals surface area (Å²) in [5, 5.41) is 0. The van der Waals surface area contributed by atoms with Crippen LogP contribution in [-0.2, 0) is 20.9 Å². The van der Waals surface area contributed by atoms with Crippen molar-refractivity contribution in [2.24, 2.45) is 17.3 Å². The molecule has 0 radical (unpaired) electrons. The van der Waals surface area contributed by atoms with Gasteiger partial charge in [-0.1, -0.05) is 50.8 Å². The normalized spacial score (nSPS) is 23.1. The molecule has 1 aliphatic rings. The molecular weight excluding hydrogens is 252 g/mol. The Morgan fingerprint density at radius 3 is 2.65 bits per heavy atom. The molecule has 2 atom stereocenters. The third kappa shape index (κ3) is 3.48. The van der Waals surface area contributed by atoms with E-state index in [2.05, 4.69) is 32.6 Å². The summed E-state index contributed by atoms with van der Waals surface area (Å²) in [5.74, 6) is 0.554. The first-order chi connectivity index (χ1) is 9.55. The van der Waals surface area contributed by atoms with Crippen LogP contribution in [0.3, 0.4) is 0 Å². The van der Waals surface area contributed by atoms with Crippen molar-refractivity contribution in [3.05, 3.63) is 48.7 Å². The van der Waals surface area contributed by atoms with Crippen molar-refractivity contribution in [2.45, 2.75) is 26.9 Å². The number of esters is 1. The van der Waals surface area contributed by atoms with Gasteiger partial charge in [-0.05, 0) is 22.8 Å². The maximum Gasteiger partial charge on any atom is 0.310 e. The number of hydrogen-bond acceptors (Lipinski definition) is 3. The van der Waals surface area contributed by atoms with Gasteiger partial charge >= 0.3 is 5.97 Å². The van der Waals surface area contributed by atoms with Crippen LogP contribution in [0.5, 0.6) is 0 Å². The predicted octanol–water partition coefficient (Wildman–Crippen LogP) is 3.55. The highest BCUT2D eigenvalue weighted by atomic mass is 16.5. The van der Waals surface area contributed by atoms with Crippen LogP contribution in [0.15, 0.2) is 43.2 Å². The summed E-state index contributed by atoms with van der Waals surface area (Å²) < 4.78 is 10.6. The summed E-state index contributed by atoms with van der Waals surface area (Å²) in [7, 11) is 0. The Morgan fingerprint density at radius 2 is 2.00 bits per heavy atom. The predicted molar refractivity (Wildman–Crippen MR) is 77.8 cm³/mol. The highest BCUT2D eigenvalue weighted by Gasteiger charge is 2.58. The molecule has 1 aromatic carbocycles. The molecule has 0 spiro atoms. The Bertz CT molecular complexity index is 464. The smallest absolute Gasteiger partial charge is 0.310 e. The third-order valence-corrected chi connectivity index (χ3v) is 4.30. The van der Waals surface area contributed by atoms with Gasteiger partial charge in [-0.3, -0.25) is 4.79 Å². The zero-order valence-corrected chi connectivity index (χ0v) is 12.2. The molecule has 1 saturated carbocycles. The van der Waals surface area contributed by atoms with Gasteiger partial charge in [0.25, 0.3) is 0 Å². The van der Waals surface area contributed by atoms with Crippen LogP contribution in [0, 0.1) is 17.3 Å². The lowest BCUT2D eigenvalue weighted by Gasteiger charge is -2.05. The van der Waals surface area contributed by atoms with E-state index in [1.165, 1.54) is 11.8 Å². The zero-order chi connectivity index (χ0) is 14.6. The molecule has 0 N–H and O–H groups in total. The fourth-order valence-electron chi connectivity index (χ4n) is 2.79. The second-order valence-corrected chi connectivity index (χ2v) is 5.90. The van der Waals surface area contributed by atoms with Crippen LogP contribution < -0.4 is 0 Å². The second-order valence-electron chi connectivity index (χ2n) is 5.90.